The van der Waals surface area contributed by atoms with Gasteiger partial charge in [0.25, 0.3) is 0 Å². The highest BCUT2D eigenvalue weighted by Gasteiger charge is 2.05. The number of nitrogens with zero attached hydrogens (tertiary/aromatic N) is 2. The minimum absolute atomic E-state index is 0. The first-order chi connectivity index (χ1) is 11.5. The van der Waals surface area contributed by atoms with Gasteiger partial charge in [-0.05, 0) is 51.0 Å². The van der Waals surface area contributed by atoms with Gasteiger partial charge in [-0.15, -0.1) is 35.3 Å². The molecule has 2 aromatic rings. The average Bonchev–Trinajstić information content (AvgIpc) is 2.83. The van der Waals surface area contributed by atoms with Crippen LogP contribution in [0.5, 0.6) is 5.75 Å². The standard InChI is InChI=1S/C18H26N4OS.HI/c1-12-8-13(2)10-16(9-12)23-7-6-20-18(19-5)21-11-17-14(3)22-15(4)24-17;/h8-10H,6-7,11H2,1-5H3,(H2,19,20,21);1H. The number of halogens is 1. The molecule has 0 saturated heterocycles. The second-order valence-electron chi connectivity index (χ2n) is 5.77. The van der Waals surface area contributed by atoms with E-state index in [4.69, 9.17) is 4.74 Å². The Labute approximate surface area is 171 Å². The van der Waals surface area contributed by atoms with Crippen molar-refractivity contribution in [1.82, 2.24) is 15.6 Å². The average molecular weight is 474 g/mol. The molecule has 0 bridgehead atoms. The highest BCUT2D eigenvalue weighted by atomic mass is 127. The zero-order valence-corrected chi connectivity index (χ0v) is 18.6. The molecule has 138 valence electrons. The molecular weight excluding hydrogens is 447 g/mol. The number of aromatic nitrogens is 1. The van der Waals surface area contributed by atoms with E-state index in [0.29, 0.717) is 13.2 Å². The summed E-state index contributed by atoms with van der Waals surface area (Å²) in [6.07, 6.45) is 0. The number of aliphatic imine (C=N–C) groups is 1. The fraction of sp³-hybridized carbons (Fsp3) is 0.444. The Morgan fingerprint density at radius 3 is 2.36 bits per heavy atom. The molecule has 2 N–H and O–H groups in total. The lowest BCUT2D eigenvalue weighted by atomic mass is 10.1. The molecule has 1 aromatic carbocycles. The van der Waals surface area contributed by atoms with E-state index in [1.54, 1.807) is 18.4 Å². The molecule has 25 heavy (non-hydrogen) atoms. The van der Waals surface area contributed by atoms with E-state index in [2.05, 4.69) is 52.7 Å². The Morgan fingerprint density at radius 2 is 1.80 bits per heavy atom. The van der Waals surface area contributed by atoms with Crippen LogP contribution in [0.25, 0.3) is 0 Å². The number of guanidine groups is 1. The van der Waals surface area contributed by atoms with Gasteiger partial charge in [0.05, 0.1) is 23.8 Å². The topological polar surface area (TPSA) is 58.5 Å². The summed E-state index contributed by atoms with van der Waals surface area (Å²) in [6.45, 7) is 10.2. The third-order valence-electron chi connectivity index (χ3n) is 3.50. The molecule has 0 saturated carbocycles. The van der Waals surface area contributed by atoms with Crippen molar-refractivity contribution in [2.24, 2.45) is 4.99 Å². The van der Waals surface area contributed by atoms with Gasteiger partial charge in [-0.25, -0.2) is 4.98 Å². The third kappa shape index (κ3) is 7.19. The van der Waals surface area contributed by atoms with Crippen molar-refractivity contribution in [3.63, 3.8) is 0 Å². The largest absolute Gasteiger partial charge is 0.492 e. The van der Waals surface area contributed by atoms with Crippen LogP contribution < -0.4 is 15.4 Å². The van der Waals surface area contributed by atoms with Crippen LogP contribution in [0.15, 0.2) is 23.2 Å². The van der Waals surface area contributed by atoms with Gasteiger partial charge in [-0.3, -0.25) is 4.99 Å². The van der Waals surface area contributed by atoms with Gasteiger partial charge in [0.15, 0.2) is 5.96 Å². The first kappa shape index (κ1) is 21.7. The SMILES string of the molecule is CN=C(NCCOc1cc(C)cc(C)c1)NCc1sc(C)nc1C.I. The van der Waals surface area contributed by atoms with Crippen molar-refractivity contribution in [1.29, 1.82) is 0 Å². The van der Waals surface area contributed by atoms with Crippen LogP contribution in [-0.2, 0) is 6.54 Å². The molecule has 0 radical (unpaired) electrons. The van der Waals surface area contributed by atoms with E-state index in [1.807, 2.05) is 13.8 Å². The number of benzene rings is 1. The minimum atomic E-state index is 0. The van der Waals surface area contributed by atoms with Crippen molar-refractivity contribution >= 4 is 41.3 Å². The van der Waals surface area contributed by atoms with Crippen LogP contribution in [0, 0.1) is 27.7 Å². The van der Waals surface area contributed by atoms with Gasteiger partial charge in [0, 0.05) is 11.9 Å². The summed E-state index contributed by atoms with van der Waals surface area (Å²) in [7, 11) is 1.77. The number of aryl methyl sites for hydroxylation is 4. The molecule has 0 aliphatic heterocycles. The molecule has 0 unspecified atom stereocenters. The van der Waals surface area contributed by atoms with Crippen LogP contribution in [0.4, 0.5) is 0 Å². The van der Waals surface area contributed by atoms with Gasteiger partial charge in [0.2, 0.25) is 0 Å². The van der Waals surface area contributed by atoms with Crippen molar-refractivity contribution in [2.75, 3.05) is 20.2 Å². The fourth-order valence-corrected chi connectivity index (χ4v) is 3.35. The first-order valence-corrected chi connectivity index (χ1v) is 8.88. The summed E-state index contributed by atoms with van der Waals surface area (Å²) in [5, 5.41) is 7.67. The van der Waals surface area contributed by atoms with Crippen LogP contribution >= 0.6 is 35.3 Å². The van der Waals surface area contributed by atoms with Crippen LogP contribution in [-0.4, -0.2) is 31.1 Å². The lowest BCUT2D eigenvalue weighted by Gasteiger charge is -2.12. The first-order valence-electron chi connectivity index (χ1n) is 8.06. The molecule has 0 fully saturated rings. The van der Waals surface area contributed by atoms with Gasteiger partial charge >= 0.3 is 0 Å². The Balaban J connectivity index is 0.00000312. The van der Waals surface area contributed by atoms with Crippen molar-refractivity contribution in [2.45, 2.75) is 34.2 Å². The number of hydrogen-bond donors (Lipinski definition) is 2. The fourth-order valence-electron chi connectivity index (χ4n) is 2.48. The molecule has 0 atom stereocenters. The summed E-state index contributed by atoms with van der Waals surface area (Å²) in [6, 6.07) is 6.24. The highest BCUT2D eigenvalue weighted by molar-refractivity contribution is 14.0. The van der Waals surface area contributed by atoms with Gasteiger partial charge < -0.3 is 15.4 Å². The molecular formula is C18H27IN4OS. The van der Waals surface area contributed by atoms with Gasteiger partial charge in [0.1, 0.15) is 12.4 Å². The van der Waals surface area contributed by atoms with E-state index in [1.165, 1.54) is 16.0 Å². The highest BCUT2D eigenvalue weighted by Crippen LogP contribution is 2.17. The molecule has 0 spiro atoms. The second kappa shape index (κ2) is 10.6. The Bertz CT molecular complexity index is 695. The zero-order chi connectivity index (χ0) is 17.5. The summed E-state index contributed by atoms with van der Waals surface area (Å²) in [5.41, 5.74) is 3.51. The minimum Gasteiger partial charge on any atom is -0.492 e. The Hall–Kier alpha value is -1.35. The number of nitrogens with one attached hydrogen (secondary N) is 2. The normalized spacial score (nSPS) is 11.0. The maximum absolute atomic E-state index is 5.79. The molecule has 5 nitrogen and oxygen atoms in total. The number of hydrogen-bond acceptors (Lipinski definition) is 4. The lowest BCUT2D eigenvalue weighted by Crippen LogP contribution is -2.38. The Morgan fingerprint density at radius 1 is 1.12 bits per heavy atom. The second-order valence-corrected chi connectivity index (χ2v) is 7.05. The van der Waals surface area contributed by atoms with Gasteiger partial charge in [-0.1, -0.05) is 6.07 Å². The number of ether oxygens (including phenoxy) is 1. The summed E-state index contributed by atoms with van der Waals surface area (Å²) < 4.78 is 5.79. The molecule has 0 aliphatic rings. The van der Waals surface area contributed by atoms with E-state index in [0.717, 1.165) is 29.0 Å². The predicted octanol–water partition coefficient (Wildman–Crippen LogP) is 3.74. The molecule has 2 rings (SSSR count). The predicted molar refractivity (Wildman–Crippen MR) is 117 cm³/mol. The summed E-state index contributed by atoms with van der Waals surface area (Å²) in [5.74, 6) is 1.68. The maximum Gasteiger partial charge on any atom is 0.191 e. The molecule has 1 aromatic heterocycles. The van der Waals surface area contributed by atoms with Crippen LogP contribution in [0.2, 0.25) is 0 Å². The third-order valence-corrected chi connectivity index (χ3v) is 4.57. The smallest absolute Gasteiger partial charge is 0.191 e. The van der Waals surface area contributed by atoms with E-state index in [9.17, 15) is 0 Å². The molecule has 1 heterocycles. The van der Waals surface area contributed by atoms with E-state index < -0.39 is 0 Å². The van der Waals surface area contributed by atoms with Crippen molar-refractivity contribution in [3.05, 3.63) is 44.9 Å². The van der Waals surface area contributed by atoms with E-state index in [-0.39, 0.29) is 24.0 Å². The molecule has 0 amide bonds. The molecule has 7 heteroatoms. The van der Waals surface area contributed by atoms with E-state index >= 15 is 0 Å². The number of thiazole rings is 1. The maximum atomic E-state index is 5.79. The molecule has 0 aliphatic carbocycles. The van der Waals surface area contributed by atoms with Crippen molar-refractivity contribution in [3.8, 4) is 5.75 Å². The summed E-state index contributed by atoms with van der Waals surface area (Å²) >= 11 is 1.71. The van der Waals surface area contributed by atoms with Crippen LogP contribution in [0.1, 0.15) is 26.7 Å². The van der Waals surface area contributed by atoms with Gasteiger partial charge in [-0.2, -0.15) is 0 Å². The zero-order valence-electron chi connectivity index (χ0n) is 15.5. The van der Waals surface area contributed by atoms with Crippen LogP contribution in [0.3, 0.4) is 0 Å². The summed E-state index contributed by atoms with van der Waals surface area (Å²) in [4.78, 5) is 9.91. The number of rotatable bonds is 6. The Kier molecular flexibility index (Phi) is 9.20. The monoisotopic (exact) mass is 474 g/mol. The quantitative estimate of drug-likeness (QED) is 0.290. The van der Waals surface area contributed by atoms with Crippen molar-refractivity contribution < 1.29 is 4.74 Å². The lowest BCUT2D eigenvalue weighted by molar-refractivity contribution is 0.321.